The minimum absolute atomic E-state index is 0.174. The quantitative estimate of drug-likeness (QED) is 0.0264. The highest BCUT2D eigenvalue weighted by Crippen LogP contribution is 2.19. The second kappa shape index (κ2) is 25.8. The fraction of sp³-hybridized carbons (Fsp3) is 0.467. The fourth-order valence-corrected chi connectivity index (χ4v) is 5.67. The molecule has 0 spiro atoms. The summed E-state index contributed by atoms with van der Waals surface area (Å²) in [5, 5.41) is 0. The molecule has 0 N–H and O–H groups in total. The van der Waals surface area contributed by atoms with Gasteiger partial charge in [0.2, 0.25) is 0 Å². The smallest absolute Gasteiger partial charge is 0.336 e. The zero-order chi connectivity index (χ0) is 35.5. The Labute approximate surface area is 302 Å². The van der Waals surface area contributed by atoms with E-state index in [9.17, 15) is 9.59 Å². The average molecular weight is 681 g/mol. The van der Waals surface area contributed by atoms with Crippen LogP contribution in [0.25, 0.3) is 12.2 Å². The van der Waals surface area contributed by atoms with Crippen LogP contribution in [0, 0.1) is 0 Å². The van der Waals surface area contributed by atoms with Crippen LogP contribution in [0.2, 0.25) is 0 Å². The zero-order valence-corrected chi connectivity index (χ0v) is 30.7. The molecule has 0 saturated heterocycles. The van der Waals surface area contributed by atoms with E-state index in [1.54, 1.807) is 36.4 Å². The predicted octanol–water partition coefficient (Wildman–Crippen LogP) is 12.6. The van der Waals surface area contributed by atoms with E-state index in [1.165, 1.54) is 108 Å². The number of hydrogen-bond acceptors (Lipinski definition) is 5. The van der Waals surface area contributed by atoms with Crippen molar-refractivity contribution in [3.05, 3.63) is 102 Å². The predicted molar refractivity (Wildman–Crippen MR) is 208 cm³/mol. The van der Waals surface area contributed by atoms with Crippen LogP contribution in [-0.2, 0) is 4.79 Å². The average Bonchev–Trinajstić information content (AvgIpc) is 3.14. The van der Waals surface area contributed by atoms with Crippen LogP contribution in [0.1, 0.15) is 144 Å². The van der Waals surface area contributed by atoms with E-state index < -0.39 is 5.97 Å². The highest BCUT2D eigenvalue weighted by molar-refractivity contribution is 6.07. The van der Waals surface area contributed by atoms with Gasteiger partial charge in [0.1, 0.15) is 17.2 Å². The lowest BCUT2D eigenvalue weighted by Gasteiger charge is -2.07. The highest BCUT2D eigenvalue weighted by Gasteiger charge is 2.07. The third-order valence-electron chi connectivity index (χ3n) is 8.72. The van der Waals surface area contributed by atoms with Crippen LogP contribution in [0.4, 0.5) is 0 Å². The molecule has 0 aliphatic heterocycles. The van der Waals surface area contributed by atoms with Gasteiger partial charge in [-0.25, -0.2) is 4.79 Å². The Hall–Kier alpha value is -4.12. The van der Waals surface area contributed by atoms with Gasteiger partial charge < -0.3 is 14.2 Å². The molecule has 270 valence electrons. The van der Waals surface area contributed by atoms with Crippen molar-refractivity contribution in [1.29, 1.82) is 0 Å². The van der Waals surface area contributed by atoms with Gasteiger partial charge in [0.25, 0.3) is 0 Å². The molecule has 5 heteroatoms. The lowest BCUT2D eigenvalue weighted by atomic mass is 10.1. The number of ether oxygens (including phenoxy) is 3. The zero-order valence-electron chi connectivity index (χ0n) is 30.7. The summed E-state index contributed by atoms with van der Waals surface area (Å²) in [4.78, 5) is 25.3. The number of carbonyl (C=O) groups excluding carboxylic acids is 2. The molecule has 3 aromatic carbocycles. The number of benzene rings is 3. The van der Waals surface area contributed by atoms with Gasteiger partial charge in [0.15, 0.2) is 5.78 Å². The van der Waals surface area contributed by atoms with E-state index in [4.69, 9.17) is 14.2 Å². The lowest BCUT2D eigenvalue weighted by molar-refractivity contribution is -0.128. The SMILES string of the molecule is CCCCCCCCCCCCCCOc1ccc(/C=C/C(=O)Oc2cccc(C(=O)/C=C/c3ccc(OCCCCCCC)cc3)c2)cc1. The van der Waals surface area contributed by atoms with Crippen molar-refractivity contribution in [2.75, 3.05) is 13.2 Å². The number of rotatable bonds is 27. The van der Waals surface area contributed by atoms with Crippen LogP contribution >= 0.6 is 0 Å². The van der Waals surface area contributed by atoms with E-state index in [-0.39, 0.29) is 5.78 Å². The molecule has 3 rings (SSSR count). The topological polar surface area (TPSA) is 61.8 Å². The molecule has 0 amide bonds. The molecule has 5 nitrogen and oxygen atoms in total. The Morgan fingerprint density at radius 3 is 1.42 bits per heavy atom. The van der Waals surface area contributed by atoms with Crippen LogP contribution in [0.3, 0.4) is 0 Å². The first-order chi connectivity index (χ1) is 24.6. The largest absolute Gasteiger partial charge is 0.494 e. The standard InChI is InChI=1S/C45H60O5/c1-3-5-7-9-10-11-12-13-14-15-17-19-36-49-42-31-25-39(26-32-42)28-34-45(47)50-43-22-20-21-40(37-43)44(46)33-27-38-23-29-41(30-24-38)48-35-18-16-8-6-4-2/h20-34,37H,3-19,35-36H2,1-2H3/b33-27+,34-28+. The third kappa shape index (κ3) is 18.0. The van der Waals surface area contributed by atoms with Crippen molar-refractivity contribution in [3.63, 3.8) is 0 Å². The van der Waals surface area contributed by atoms with Gasteiger partial charge in [0, 0.05) is 11.6 Å². The Balaban J connectivity index is 1.31. The summed E-state index contributed by atoms with van der Waals surface area (Å²) in [6.45, 7) is 5.92. The summed E-state index contributed by atoms with van der Waals surface area (Å²) in [5.74, 6) is 1.29. The van der Waals surface area contributed by atoms with Crippen molar-refractivity contribution < 1.29 is 23.8 Å². The molecule has 0 radical (unpaired) electrons. The Morgan fingerprint density at radius 2 is 0.940 bits per heavy atom. The van der Waals surface area contributed by atoms with E-state index in [1.807, 2.05) is 48.5 Å². The number of hydrogen-bond donors (Lipinski definition) is 0. The molecule has 0 aliphatic carbocycles. The molecule has 3 aromatic rings. The number of esters is 1. The van der Waals surface area contributed by atoms with Crippen LogP contribution in [0.5, 0.6) is 17.2 Å². The first-order valence-electron chi connectivity index (χ1n) is 19.3. The molecule has 50 heavy (non-hydrogen) atoms. The lowest BCUT2D eigenvalue weighted by Crippen LogP contribution is -2.04. The number of ketones is 1. The van der Waals surface area contributed by atoms with Gasteiger partial charge in [0.05, 0.1) is 13.2 Å². The van der Waals surface area contributed by atoms with E-state index in [0.717, 1.165) is 48.7 Å². The molecule has 0 aromatic heterocycles. The molecular weight excluding hydrogens is 620 g/mol. The van der Waals surface area contributed by atoms with Crippen molar-refractivity contribution >= 4 is 23.9 Å². The molecule has 0 bridgehead atoms. The highest BCUT2D eigenvalue weighted by atomic mass is 16.5. The maximum absolute atomic E-state index is 12.8. The Morgan fingerprint density at radius 1 is 0.500 bits per heavy atom. The fourth-order valence-electron chi connectivity index (χ4n) is 5.67. The van der Waals surface area contributed by atoms with Crippen molar-refractivity contribution in [1.82, 2.24) is 0 Å². The van der Waals surface area contributed by atoms with Crippen LogP contribution in [0.15, 0.2) is 84.9 Å². The molecule has 0 unspecified atom stereocenters. The number of unbranched alkanes of at least 4 members (excludes halogenated alkanes) is 15. The number of allylic oxidation sites excluding steroid dienone is 1. The maximum atomic E-state index is 12.8. The van der Waals surface area contributed by atoms with E-state index >= 15 is 0 Å². The molecule has 0 fully saturated rings. The van der Waals surface area contributed by atoms with Crippen molar-refractivity contribution in [3.8, 4) is 17.2 Å². The molecule has 0 saturated carbocycles. The minimum atomic E-state index is -0.513. The second-order valence-corrected chi connectivity index (χ2v) is 13.1. The molecule has 0 atom stereocenters. The van der Waals surface area contributed by atoms with Gasteiger partial charge in [-0.1, -0.05) is 153 Å². The minimum Gasteiger partial charge on any atom is -0.494 e. The molecular formula is C45H60O5. The van der Waals surface area contributed by atoms with Crippen molar-refractivity contribution in [2.45, 2.75) is 123 Å². The summed E-state index contributed by atoms with van der Waals surface area (Å²) in [5.41, 5.74) is 2.22. The molecule has 0 heterocycles. The van der Waals surface area contributed by atoms with Gasteiger partial charge in [-0.2, -0.15) is 0 Å². The maximum Gasteiger partial charge on any atom is 0.336 e. The normalized spacial score (nSPS) is 11.3. The van der Waals surface area contributed by atoms with Gasteiger partial charge in [-0.3, -0.25) is 4.79 Å². The van der Waals surface area contributed by atoms with Gasteiger partial charge in [-0.15, -0.1) is 0 Å². The van der Waals surface area contributed by atoms with E-state index in [2.05, 4.69) is 13.8 Å². The van der Waals surface area contributed by atoms with Crippen LogP contribution < -0.4 is 14.2 Å². The summed E-state index contributed by atoms with van der Waals surface area (Å²) >= 11 is 0. The summed E-state index contributed by atoms with van der Waals surface area (Å²) < 4.78 is 17.2. The number of carbonyl (C=O) groups is 2. The van der Waals surface area contributed by atoms with Crippen LogP contribution in [-0.4, -0.2) is 25.0 Å². The first kappa shape index (κ1) is 40.3. The Bertz CT molecular complexity index is 1400. The summed E-state index contributed by atoms with van der Waals surface area (Å²) in [6.07, 6.45) is 28.3. The molecule has 0 aliphatic rings. The monoisotopic (exact) mass is 680 g/mol. The van der Waals surface area contributed by atoms with Gasteiger partial charge in [-0.05, 0) is 72.5 Å². The second-order valence-electron chi connectivity index (χ2n) is 13.1. The van der Waals surface area contributed by atoms with Gasteiger partial charge >= 0.3 is 5.97 Å². The summed E-state index contributed by atoms with van der Waals surface area (Å²) in [6, 6.07) is 22.1. The summed E-state index contributed by atoms with van der Waals surface area (Å²) in [7, 11) is 0. The Kier molecular flexibility index (Phi) is 20.8. The first-order valence-corrected chi connectivity index (χ1v) is 19.3. The third-order valence-corrected chi connectivity index (χ3v) is 8.72. The van der Waals surface area contributed by atoms with Crippen molar-refractivity contribution in [2.24, 2.45) is 0 Å². The van der Waals surface area contributed by atoms with E-state index in [0.29, 0.717) is 11.3 Å².